The van der Waals surface area contributed by atoms with Crippen molar-refractivity contribution < 1.29 is 18.0 Å². The molecule has 98 valence electrons. The Morgan fingerprint density at radius 1 is 1.18 bits per heavy atom. The highest BCUT2D eigenvalue weighted by Gasteiger charge is 2.12. The van der Waals surface area contributed by atoms with E-state index in [1.807, 2.05) is 0 Å². The first kappa shape index (κ1) is 15.7. The van der Waals surface area contributed by atoms with Gasteiger partial charge >= 0.3 is 11.8 Å². The van der Waals surface area contributed by atoms with E-state index < -0.39 is 21.8 Å². The van der Waals surface area contributed by atoms with Gasteiger partial charge in [0.05, 0.1) is 17.3 Å². The van der Waals surface area contributed by atoms with Gasteiger partial charge in [-0.25, -0.2) is 13.6 Å². The quantitative estimate of drug-likeness (QED) is 0.235. The summed E-state index contributed by atoms with van der Waals surface area (Å²) in [6.45, 7) is -0.0332. The summed E-state index contributed by atoms with van der Waals surface area (Å²) in [5, 5.41) is 9.15. The minimum atomic E-state index is -3.55. The lowest BCUT2D eigenvalue weighted by molar-refractivity contribution is -0.139. The third kappa shape index (κ3) is 9.66. The molecule has 17 heavy (non-hydrogen) atoms. The average Bonchev–Trinajstić information content (AvgIpc) is 2.19. The molecule has 6 N–H and O–H groups in total. The van der Waals surface area contributed by atoms with Crippen LogP contribution in [0, 0.1) is 0 Å². The van der Waals surface area contributed by atoms with Crippen LogP contribution in [-0.2, 0) is 19.6 Å². The fourth-order valence-electron chi connectivity index (χ4n) is 0.803. The van der Waals surface area contributed by atoms with Crippen molar-refractivity contribution in [2.24, 2.45) is 10.9 Å². The van der Waals surface area contributed by atoms with Gasteiger partial charge in [-0.05, 0) is 6.42 Å². The highest BCUT2D eigenvalue weighted by molar-refractivity contribution is 7.89. The van der Waals surface area contributed by atoms with Gasteiger partial charge in [0.25, 0.3) is 0 Å². The first-order chi connectivity index (χ1) is 7.72. The van der Waals surface area contributed by atoms with Gasteiger partial charge in [0.1, 0.15) is 0 Å². The SMILES string of the molecule is NC(=S)CNC(=O)C(=O)NCCCS(N)(=O)=O. The summed E-state index contributed by atoms with van der Waals surface area (Å²) < 4.78 is 21.1. The fraction of sp³-hybridized carbons (Fsp3) is 0.571. The van der Waals surface area contributed by atoms with Crippen LogP contribution in [0.2, 0.25) is 0 Å². The van der Waals surface area contributed by atoms with E-state index in [9.17, 15) is 18.0 Å². The van der Waals surface area contributed by atoms with Crippen LogP contribution in [0.15, 0.2) is 0 Å². The normalized spacial score (nSPS) is 10.6. The maximum Gasteiger partial charge on any atom is 0.309 e. The van der Waals surface area contributed by atoms with Gasteiger partial charge < -0.3 is 16.4 Å². The van der Waals surface area contributed by atoms with Crippen LogP contribution in [0.25, 0.3) is 0 Å². The van der Waals surface area contributed by atoms with Crippen molar-refractivity contribution in [3.63, 3.8) is 0 Å². The largest absolute Gasteiger partial charge is 0.392 e. The Morgan fingerprint density at radius 2 is 1.71 bits per heavy atom. The number of primary sulfonamides is 1. The summed E-state index contributed by atoms with van der Waals surface area (Å²) in [5.74, 6) is -2.02. The summed E-state index contributed by atoms with van der Waals surface area (Å²) in [6.07, 6.45) is 0.132. The zero-order chi connectivity index (χ0) is 13.5. The van der Waals surface area contributed by atoms with Gasteiger partial charge in [-0.3, -0.25) is 9.59 Å². The van der Waals surface area contributed by atoms with Crippen molar-refractivity contribution in [2.45, 2.75) is 6.42 Å². The summed E-state index contributed by atoms with van der Waals surface area (Å²) in [5.41, 5.74) is 5.11. The lowest BCUT2D eigenvalue weighted by Crippen LogP contribution is -2.43. The Kier molecular flexibility index (Phi) is 6.61. The van der Waals surface area contributed by atoms with E-state index in [0.29, 0.717) is 0 Å². The van der Waals surface area contributed by atoms with E-state index in [2.05, 4.69) is 22.9 Å². The van der Waals surface area contributed by atoms with Crippen molar-refractivity contribution in [3.8, 4) is 0 Å². The van der Waals surface area contributed by atoms with Crippen LogP contribution in [0.3, 0.4) is 0 Å². The van der Waals surface area contributed by atoms with Crippen LogP contribution >= 0.6 is 12.2 Å². The first-order valence-electron chi connectivity index (χ1n) is 4.57. The van der Waals surface area contributed by atoms with Gasteiger partial charge in [0, 0.05) is 6.54 Å². The van der Waals surface area contributed by atoms with E-state index in [-0.39, 0.29) is 30.3 Å². The molecule has 0 unspecified atom stereocenters. The van der Waals surface area contributed by atoms with Gasteiger partial charge in [-0.2, -0.15) is 0 Å². The zero-order valence-electron chi connectivity index (χ0n) is 8.93. The summed E-state index contributed by atoms with van der Waals surface area (Å²) in [6, 6.07) is 0. The van der Waals surface area contributed by atoms with Crippen LogP contribution in [0.1, 0.15) is 6.42 Å². The molecule has 0 fully saturated rings. The number of hydrogen-bond donors (Lipinski definition) is 4. The molecule has 0 aromatic rings. The smallest absolute Gasteiger partial charge is 0.309 e. The van der Waals surface area contributed by atoms with E-state index in [4.69, 9.17) is 10.9 Å². The van der Waals surface area contributed by atoms with Crippen molar-refractivity contribution in [1.82, 2.24) is 10.6 Å². The second-order valence-corrected chi connectivity index (χ2v) is 5.38. The molecule has 0 bridgehead atoms. The number of nitrogens with two attached hydrogens (primary N) is 2. The summed E-state index contributed by atoms with van der Waals surface area (Å²) >= 11 is 4.50. The predicted octanol–water partition coefficient (Wildman–Crippen LogP) is -2.82. The molecule has 10 heteroatoms. The number of hydrogen-bond acceptors (Lipinski definition) is 5. The summed E-state index contributed by atoms with van der Waals surface area (Å²) in [7, 11) is -3.55. The molecule has 8 nitrogen and oxygen atoms in total. The van der Waals surface area contributed by atoms with Gasteiger partial charge in [-0.1, -0.05) is 12.2 Å². The van der Waals surface area contributed by atoms with Crippen molar-refractivity contribution in [1.29, 1.82) is 0 Å². The van der Waals surface area contributed by atoms with E-state index in [1.54, 1.807) is 0 Å². The number of sulfonamides is 1. The molecule has 0 aliphatic rings. The second-order valence-electron chi connectivity index (χ2n) is 3.13. The molecule has 0 radical (unpaired) electrons. The van der Waals surface area contributed by atoms with Crippen LogP contribution in [0.5, 0.6) is 0 Å². The van der Waals surface area contributed by atoms with Gasteiger partial charge in [0.15, 0.2) is 0 Å². The van der Waals surface area contributed by atoms with Crippen LogP contribution in [-0.4, -0.2) is 44.1 Å². The molecule has 2 amide bonds. The number of carbonyl (C=O) groups is 2. The Labute approximate surface area is 104 Å². The highest BCUT2D eigenvalue weighted by Crippen LogP contribution is 1.83. The lowest BCUT2D eigenvalue weighted by atomic mass is 10.4. The molecule has 0 saturated carbocycles. The van der Waals surface area contributed by atoms with Gasteiger partial charge in [-0.15, -0.1) is 0 Å². The van der Waals surface area contributed by atoms with Gasteiger partial charge in [0.2, 0.25) is 10.0 Å². The molecular weight excluding hydrogens is 268 g/mol. The third-order valence-electron chi connectivity index (χ3n) is 1.52. The van der Waals surface area contributed by atoms with Crippen molar-refractivity contribution in [3.05, 3.63) is 0 Å². The highest BCUT2D eigenvalue weighted by atomic mass is 32.2. The van der Waals surface area contributed by atoms with Crippen LogP contribution < -0.4 is 21.5 Å². The molecular formula is C7H14N4O4S2. The number of rotatable bonds is 6. The maximum absolute atomic E-state index is 11.1. The number of carbonyl (C=O) groups excluding carboxylic acids is 2. The average molecular weight is 282 g/mol. The summed E-state index contributed by atoms with van der Waals surface area (Å²) in [4.78, 5) is 22.2. The van der Waals surface area contributed by atoms with E-state index in [0.717, 1.165) is 0 Å². The Morgan fingerprint density at radius 3 is 2.18 bits per heavy atom. The van der Waals surface area contributed by atoms with Crippen molar-refractivity contribution in [2.75, 3.05) is 18.8 Å². The third-order valence-corrected chi connectivity index (χ3v) is 2.52. The Balaban J connectivity index is 3.79. The van der Waals surface area contributed by atoms with Crippen molar-refractivity contribution >= 4 is 39.0 Å². The molecule has 0 aliphatic heterocycles. The fourth-order valence-corrected chi connectivity index (χ4v) is 1.42. The minimum absolute atomic E-state index is 0.0375. The first-order valence-corrected chi connectivity index (χ1v) is 6.69. The molecule has 0 aromatic carbocycles. The van der Waals surface area contributed by atoms with E-state index in [1.165, 1.54) is 0 Å². The number of nitrogens with one attached hydrogen (secondary N) is 2. The molecule has 0 heterocycles. The Bertz CT molecular complexity index is 406. The topological polar surface area (TPSA) is 144 Å². The molecule has 0 spiro atoms. The monoisotopic (exact) mass is 282 g/mol. The standard InChI is InChI=1S/C7H14N4O4S2/c8-5(16)4-11-7(13)6(12)10-2-1-3-17(9,14)15/h1-4H2,(H2,8,16)(H,10,12)(H,11,13)(H2,9,14,15). The van der Waals surface area contributed by atoms with E-state index >= 15 is 0 Å². The molecule has 0 aliphatic carbocycles. The Hall–Kier alpha value is -1.26. The minimum Gasteiger partial charge on any atom is -0.392 e. The number of amides is 2. The predicted molar refractivity (Wildman–Crippen MR) is 65.4 cm³/mol. The molecule has 0 saturated heterocycles. The maximum atomic E-state index is 11.1. The number of thiocarbonyl (C=S) groups is 1. The zero-order valence-corrected chi connectivity index (χ0v) is 10.6. The lowest BCUT2D eigenvalue weighted by Gasteiger charge is -2.05. The molecule has 0 aromatic heterocycles. The molecule has 0 rings (SSSR count). The second kappa shape index (κ2) is 7.14. The van der Waals surface area contributed by atoms with Crippen LogP contribution in [0.4, 0.5) is 0 Å². The molecule has 0 atom stereocenters.